The summed E-state index contributed by atoms with van der Waals surface area (Å²) >= 11 is 5.76. The van der Waals surface area contributed by atoms with Crippen LogP contribution in [-0.4, -0.2) is 39.9 Å². The topological polar surface area (TPSA) is 298 Å². The number of anilines is 4. The molecule has 1 aliphatic heterocycles. The lowest BCUT2D eigenvalue weighted by Gasteiger charge is -2.22. The van der Waals surface area contributed by atoms with Gasteiger partial charge in [0.2, 0.25) is 0 Å². The van der Waals surface area contributed by atoms with Gasteiger partial charge in [-0.3, -0.25) is 9.69 Å². The van der Waals surface area contributed by atoms with Crippen LogP contribution in [0.15, 0.2) is 53.5 Å². The number of benzene rings is 2. The number of hydrazine groups is 2. The average Bonchev–Trinajstić information content (AvgIpc) is 3.09. The molecule has 0 unspecified atom stereocenters. The molecule has 0 aliphatic carbocycles. The van der Waals surface area contributed by atoms with Crippen molar-refractivity contribution in [3.8, 4) is 0 Å². The minimum Gasteiger partial charge on any atom is -0.370 e. The second-order valence-electron chi connectivity index (χ2n) is 7.89. The molecule has 0 radical (unpaired) electrons. The summed E-state index contributed by atoms with van der Waals surface area (Å²) in [4.78, 5) is 57.9. The van der Waals surface area contributed by atoms with Crippen molar-refractivity contribution in [2.75, 3.05) is 14.9 Å². The van der Waals surface area contributed by atoms with Crippen LogP contribution in [0.25, 0.3) is 12.2 Å². The molecule has 0 spiro atoms. The third kappa shape index (κ3) is 7.17. The number of halogens is 2. The predicted molar refractivity (Wildman–Crippen MR) is 160 cm³/mol. The SMILES string of the molecule is Cl.NC(=O)N(N)c1nc(N(N)C(N)=O)c(C(=O)N=C(N)N)nc1Cl.NC(=O)N1c2ccccc2C=Cc2ccccc21. The molecule has 0 saturated heterocycles. The molecular weight excluding hydrogens is 593 g/mol. The summed E-state index contributed by atoms with van der Waals surface area (Å²) in [7, 11) is 0. The van der Waals surface area contributed by atoms with Crippen molar-refractivity contribution in [2.24, 2.45) is 45.3 Å². The smallest absolute Gasteiger partial charge is 0.335 e. The zero-order chi connectivity index (χ0) is 30.4. The van der Waals surface area contributed by atoms with Gasteiger partial charge in [-0.05, 0) is 23.3 Å². The van der Waals surface area contributed by atoms with Crippen LogP contribution < -0.4 is 55.3 Å². The number of aromatic nitrogens is 2. The summed E-state index contributed by atoms with van der Waals surface area (Å²) in [5.74, 6) is 7.89. The van der Waals surface area contributed by atoms with Crippen molar-refractivity contribution in [1.29, 1.82) is 0 Å². The van der Waals surface area contributed by atoms with Gasteiger partial charge >= 0.3 is 24.0 Å². The molecule has 7 amide bonds. The van der Waals surface area contributed by atoms with Crippen LogP contribution in [0.2, 0.25) is 5.15 Å². The number of nitrogens with zero attached hydrogens (tertiary/aromatic N) is 6. The fourth-order valence-electron chi connectivity index (χ4n) is 3.45. The molecule has 0 saturated carbocycles. The number of nitrogens with two attached hydrogens (primary N) is 7. The van der Waals surface area contributed by atoms with Crippen molar-refractivity contribution >= 4 is 89.1 Å². The highest BCUT2D eigenvalue weighted by atomic mass is 35.5. The van der Waals surface area contributed by atoms with E-state index in [1.807, 2.05) is 60.7 Å². The number of hydrogen-bond donors (Lipinski definition) is 7. The molecule has 14 N–H and O–H groups in total. The van der Waals surface area contributed by atoms with E-state index in [1.165, 1.54) is 0 Å². The van der Waals surface area contributed by atoms with Gasteiger partial charge in [-0.15, -0.1) is 12.4 Å². The van der Waals surface area contributed by atoms with Gasteiger partial charge in [0.15, 0.2) is 28.4 Å². The minimum atomic E-state index is -1.21. The Morgan fingerprint density at radius 1 is 0.738 bits per heavy atom. The van der Waals surface area contributed by atoms with E-state index in [1.54, 1.807) is 4.90 Å². The van der Waals surface area contributed by atoms with Crippen LogP contribution in [0.3, 0.4) is 0 Å². The number of amides is 7. The fraction of sp³-hybridized carbons (Fsp3) is 0. The molecule has 2 aromatic carbocycles. The Labute approximate surface area is 248 Å². The van der Waals surface area contributed by atoms with Crippen LogP contribution in [0.1, 0.15) is 21.6 Å². The minimum absolute atomic E-state index is 0. The molecule has 17 nitrogen and oxygen atoms in total. The van der Waals surface area contributed by atoms with Crippen molar-refractivity contribution in [1.82, 2.24) is 9.97 Å². The summed E-state index contributed by atoms with van der Waals surface area (Å²) in [5.41, 5.74) is 28.6. The van der Waals surface area contributed by atoms with E-state index in [0.717, 1.165) is 22.5 Å². The number of fused-ring (bicyclic) bond motifs is 2. The van der Waals surface area contributed by atoms with Crippen molar-refractivity contribution in [3.63, 3.8) is 0 Å². The first-order valence-electron chi connectivity index (χ1n) is 11.2. The predicted octanol–water partition coefficient (Wildman–Crippen LogP) is 0.870. The zero-order valence-electron chi connectivity index (χ0n) is 21.4. The van der Waals surface area contributed by atoms with Crippen LogP contribution in [-0.2, 0) is 0 Å². The molecular formula is C23H25Cl2N13O4. The normalized spacial score (nSPS) is 10.8. The number of urea groups is 3. The monoisotopic (exact) mass is 617 g/mol. The summed E-state index contributed by atoms with van der Waals surface area (Å²) in [5, 5.41) is 0.0432. The molecule has 0 fully saturated rings. The number of primary amides is 3. The molecule has 220 valence electrons. The standard InChI is InChI=1S/C15H12N2O.C8H12ClN11O3.ClH/c16-15(18)17-13-7-3-1-5-11(13)9-10-12-6-2-4-8-14(12)17;9-2-4(20(15)8(13)23)17-3(19(14)7(12)22)1(16-2)5(21)18-6(10)11;/h1-10H,(H2,16,18);14-15H2,(H2,12,22)(H2,13,23)(H4,10,11,18,21);1H. The number of guanidine groups is 1. The second-order valence-corrected chi connectivity index (χ2v) is 8.25. The van der Waals surface area contributed by atoms with E-state index in [-0.39, 0.29) is 17.4 Å². The van der Waals surface area contributed by atoms with E-state index in [9.17, 15) is 19.2 Å². The van der Waals surface area contributed by atoms with Crippen molar-refractivity contribution < 1.29 is 19.2 Å². The van der Waals surface area contributed by atoms with E-state index >= 15 is 0 Å². The molecule has 19 heteroatoms. The van der Waals surface area contributed by atoms with Crippen LogP contribution in [0.5, 0.6) is 0 Å². The van der Waals surface area contributed by atoms with Gasteiger partial charge in [0.25, 0.3) is 0 Å². The lowest BCUT2D eigenvalue weighted by atomic mass is 10.1. The van der Waals surface area contributed by atoms with Gasteiger partial charge < -0.3 is 28.7 Å². The summed E-state index contributed by atoms with van der Waals surface area (Å²) in [6, 6.07) is 12.6. The number of para-hydroxylation sites is 2. The van der Waals surface area contributed by atoms with Gasteiger partial charge in [-0.1, -0.05) is 60.2 Å². The molecule has 4 rings (SSSR count). The Morgan fingerprint density at radius 3 is 1.62 bits per heavy atom. The Hall–Kier alpha value is -5.49. The van der Waals surface area contributed by atoms with E-state index in [2.05, 4.69) is 15.0 Å². The maximum atomic E-state index is 11.9. The van der Waals surface area contributed by atoms with Crippen LogP contribution >= 0.6 is 24.0 Å². The summed E-state index contributed by atoms with van der Waals surface area (Å²) in [6.45, 7) is 0. The molecule has 0 bridgehead atoms. The number of rotatable bonds is 3. The Kier molecular flexibility index (Phi) is 10.7. The molecule has 42 heavy (non-hydrogen) atoms. The Bertz CT molecular complexity index is 1540. The summed E-state index contributed by atoms with van der Waals surface area (Å²) in [6.07, 6.45) is 3.99. The first kappa shape index (κ1) is 32.7. The maximum Gasteiger partial charge on any atom is 0.335 e. The number of carbonyl (C=O) groups is 4. The third-order valence-electron chi connectivity index (χ3n) is 5.20. The van der Waals surface area contributed by atoms with Gasteiger partial charge in [-0.2, -0.15) is 4.99 Å². The first-order valence-corrected chi connectivity index (χ1v) is 11.6. The Balaban J connectivity index is 0.000000293. The molecule has 1 aromatic heterocycles. The fourth-order valence-corrected chi connectivity index (χ4v) is 3.67. The van der Waals surface area contributed by atoms with Crippen LogP contribution in [0.4, 0.5) is 37.4 Å². The number of aliphatic imine (C=N–C) groups is 1. The lowest BCUT2D eigenvalue weighted by molar-refractivity contribution is 0.0998. The molecule has 0 atom stereocenters. The summed E-state index contributed by atoms with van der Waals surface area (Å²) < 4.78 is 0. The van der Waals surface area contributed by atoms with E-state index < -0.39 is 52.4 Å². The van der Waals surface area contributed by atoms with E-state index in [0.29, 0.717) is 5.01 Å². The first-order chi connectivity index (χ1) is 19.3. The molecule has 2 heterocycles. The highest BCUT2D eigenvalue weighted by molar-refractivity contribution is 6.32. The largest absolute Gasteiger partial charge is 0.370 e. The van der Waals surface area contributed by atoms with Crippen LogP contribution in [0, 0.1) is 0 Å². The number of carbonyl (C=O) groups excluding carboxylic acids is 4. The lowest BCUT2D eigenvalue weighted by Crippen LogP contribution is -2.45. The van der Waals surface area contributed by atoms with Crippen molar-refractivity contribution in [2.45, 2.75) is 0 Å². The quantitative estimate of drug-likeness (QED) is 0.0714. The van der Waals surface area contributed by atoms with E-state index in [4.69, 9.17) is 52.0 Å². The van der Waals surface area contributed by atoms with Gasteiger partial charge in [0.05, 0.1) is 11.4 Å². The van der Waals surface area contributed by atoms with Crippen molar-refractivity contribution in [3.05, 3.63) is 70.5 Å². The zero-order valence-corrected chi connectivity index (χ0v) is 23.0. The third-order valence-corrected chi connectivity index (χ3v) is 5.45. The molecule has 1 aliphatic rings. The second kappa shape index (κ2) is 13.7. The highest BCUT2D eigenvalue weighted by Crippen LogP contribution is 2.35. The van der Waals surface area contributed by atoms with Gasteiger partial charge in [0.1, 0.15) is 0 Å². The van der Waals surface area contributed by atoms with Gasteiger partial charge in [0, 0.05) is 0 Å². The maximum absolute atomic E-state index is 11.9. The average molecular weight is 618 g/mol. The van der Waals surface area contributed by atoms with Gasteiger partial charge in [-0.25, -0.2) is 46.1 Å². The molecule has 3 aromatic rings. The number of hydrogen-bond acceptors (Lipinski definition) is 8. The Morgan fingerprint density at radius 2 is 1.19 bits per heavy atom. The highest BCUT2D eigenvalue weighted by Gasteiger charge is 2.27.